The molecule has 3 saturated carbocycles. The first-order chi connectivity index (χ1) is 13.8. The third kappa shape index (κ3) is 4.01. The van der Waals surface area contributed by atoms with E-state index in [9.17, 15) is 14.0 Å². The molecule has 0 radical (unpaired) electrons. The Bertz CT molecular complexity index is 955. The highest BCUT2D eigenvalue weighted by Crippen LogP contribution is 2.69. The molecule has 0 atom stereocenters. The number of ketones is 1. The number of hydrogen-bond donors (Lipinski definition) is 1. The lowest BCUT2D eigenvalue weighted by atomic mass is 9.38. The van der Waals surface area contributed by atoms with Crippen LogP contribution in [0.3, 0.4) is 0 Å². The Balaban J connectivity index is 1.24. The molecule has 0 aromatic heterocycles. The highest BCUT2D eigenvalue weighted by molar-refractivity contribution is 6.30. The van der Waals surface area contributed by atoms with E-state index in [4.69, 9.17) is 16.3 Å². The molecule has 0 unspecified atom stereocenters. The fraction of sp³-hybridized carbons (Fsp3) is 0.391. The number of benzene rings is 2. The van der Waals surface area contributed by atoms with E-state index in [1.54, 1.807) is 0 Å². The Labute approximate surface area is 174 Å². The van der Waals surface area contributed by atoms with Gasteiger partial charge in [-0.15, -0.1) is 0 Å². The molecule has 0 aliphatic heterocycles. The maximum Gasteiger partial charge on any atom is 0.258 e. The van der Waals surface area contributed by atoms with Gasteiger partial charge >= 0.3 is 0 Å². The van der Waals surface area contributed by atoms with Crippen LogP contribution in [0, 0.1) is 11.2 Å². The Hall–Kier alpha value is -2.40. The van der Waals surface area contributed by atoms with Gasteiger partial charge in [0, 0.05) is 23.6 Å². The number of halogens is 2. The largest absolute Gasteiger partial charge is 0.484 e. The van der Waals surface area contributed by atoms with E-state index in [1.807, 2.05) is 24.3 Å². The van der Waals surface area contributed by atoms with E-state index >= 15 is 0 Å². The van der Waals surface area contributed by atoms with Crippen molar-refractivity contribution in [2.75, 3.05) is 6.61 Å². The van der Waals surface area contributed by atoms with Crippen molar-refractivity contribution in [2.24, 2.45) is 5.41 Å². The maximum absolute atomic E-state index is 13.4. The fourth-order valence-electron chi connectivity index (χ4n) is 4.77. The summed E-state index contributed by atoms with van der Waals surface area (Å²) in [5.74, 6) is -0.389. The molecule has 3 aliphatic carbocycles. The highest BCUT2D eigenvalue weighted by Gasteiger charge is 2.68. The number of amides is 1. The molecule has 0 saturated heterocycles. The first-order valence-electron chi connectivity index (χ1n) is 9.83. The zero-order valence-electron chi connectivity index (χ0n) is 16.3. The second kappa shape index (κ2) is 7.45. The predicted molar refractivity (Wildman–Crippen MR) is 109 cm³/mol. The van der Waals surface area contributed by atoms with Crippen LogP contribution in [-0.4, -0.2) is 23.8 Å². The van der Waals surface area contributed by atoms with E-state index in [-0.39, 0.29) is 40.0 Å². The smallest absolute Gasteiger partial charge is 0.258 e. The second-order valence-electron chi connectivity index (χ2n) is 8.38. The minimum atomic E-state index is -0.583. The number of ether oxygens (including phenoxy) is 1. The summed E-state index contributed by atoms with van der Waals surface area (Å²) in [4.78, 5) is 24.8. The molecule has 6 heteroatoms. The standard InChI is InChI=1S/C23H23ClFNO3/c1-2-15-4-3-5-16(8-15)20(27)10-22-12-23(13-22,14-22)26-21(28)11-29-17-6-7-18(24)19(25)9-17/h3-9H,2,10-14H2,1H3,(H,26,28). The van der Waals surface area contributed by atoms with Crippen LogP contribution in [0.25, 0.3) is 0 Å². The van der Waals surface area contributed by atoms with Gasteiger partial charge in [0.1, 0.15) is 11.6 Å². The van der Waals surface area contributed by atoms with Gasteiger partial charge in [0.2, 0.25) is 0 Å². The van der Waals surface area contributed by atoms with Crippen molar-refractivity contribution in [1.82, 2.24) is 5.32 Å². The van der Waals surface area contributed by atoms with Gasteiger partial charge in [-0.2, -0.15) is 0 Å². The number of carbonyl (C=O) groups is 2. The van der Waals surface area contributed by atoms with Crippen LogP contribution in [0.4, 0.5) is 4.39 Å². The number of nitrogens with one attached hydrogen (secondary N) is 1. The number of hydrogen-bond acceptors (Lipinski definition) is 3. The van der Waals surface area contributed by atoms with Crippen LogP contribution < -0.4 is 10.1 Å². The summed E-state index contributed by atoms with van der Waals surface area (Å²) in [5, 5.41) is 3.03. The SMILES string of the molecule is CCc1cccc(C(=O)CC23CC(NC(=O)COc4ccc(Cl)c(F)c4)(C2)C3)c1. The van der Waals surface area contributed by atoms with Crippen LogP contribution in [0.15, 0.2) is 42.5 Å². The van der Waals surface area contributed by atoms with Crippen molar-refractivity contribution in [3.05, 3.63) is 64.4 Å². The topological polar surface area (TPSA) is 55.4 Å². The third-order valence-electron chi connectivity index (χ3n) is 6.00. The molecule has 1 N–H and O–H groups in total. The van der Waals surface area contributed by atoms with Crippen LogP contribution >= 0.6 is 11.6 Å². The third-order valence-corrected chi connectivity index (χ3v) is 6.31. The molecule has 0 spiro atoms. The molecular weight excluding hydrogens is 393 g/mol. The van der Waals surface area contributed by atoms with Crippen LogP contribution in [-0.2, 0) is 11.2 Å². The Morgan fingerprint density at radius 2 is 1.93 bits per heavy atom. The Morgan fingerprint density at radius 3 is 2.62 bits per heavy atom. The van der Waals surface area contributed by atoms with Crippen LogP contribution in [0.1, 0.15) is 48.5 Å². The molecule has 4 nitrogen and oxygen atoms in total. The fourth-order valence-corrected chi connectivity index (χ4v) is 4.89. The maximum atomic E-state index is 13.4. The van der Waals surface area contributed by atoms with Crippen molar-refractivity contribution < 1.29 is 18.7 Å². The van der Waals surface area contributed by atoms with Crippen molar-refractivity contribution >= 4 is 23.3 Å². The van der Waals surface area contributed by atoms with Crippen molar-refractivity contribution in [1.29, 1.82) is 0 Å². The van der Waals surface area contributed by atoms with Crippen molar-refractivity contribution in [3.63, 3.8) is 0 Å². The molecule has 152 valence electrons. The van der Waals surface area contributed by atoms with Crippen LogP contribution in [0.2, 0.25) is 5.02 Å². The molecular formula is C23H23ClFNO3. The molecule has 0 heterocycles. The van der Waals surface area contributed by atoms with Gasteiger partial charge in [0.15, 0.2) is 12.4 Å². The van der Waals surface area contributed by atoms with Gasteiger partial charge < -0.3 is 10.1 Å². The van der Waals surface area contributed by atoms with E-state index in [1.165, 1.54) is 12.1 Å². The van der Waals surface area contributed by atoms with Gasteiger partial charge in [-0.25, -0.2) is 4.39 Å². The Morgan fingerprint density at radius 1 is 1.17 bits per heavy atom. The van der Waals surface area contributed by atoms with Crippen LogP contribution in [0.5, 0.6) is 5.75 Å². The minimum absolute atomic E-state index is 0.0111. The second-order valence-corrected chi connectivity index (χ2v) is 8.78. The summed E-state index contributed by atoms with van der Waals surface area (Å²) >= 11 is 5.63. The normalized spacial score (nSPS) is 24.2. The lowest BCUT2D eigenvalue weighted by molar-refractivity contribution is -0.164. The van der Waals surface area contributed by atoms with E-state index in [0.717, 1.165) is 42.9 Å². The monoisotopic (exact) mass is 415 g/mol. The van der Waals surface area contributed by atoms with E-state index in [2.05, 4.69) is 12.2 Å². The molecule has 3 fully saturated rings. The van der Waals surface area contributed by atoms with Gasteiger partial charge in [-0.05, 0) is 54.9 Å². The average molecular weight is 416 g/mol. The van der Waals surface area contributed by atoms with Crippen molar-refractivity contribution in [3.8, 4) is 5.75 Å². The molecule has 29 heavy (non-hydrogen) atoms. The summed E-state index contributed by atoms with van der Waals surface area (Å²) in [6.45, 7) is 1.89. The van der Waals surface area contributed by atoms with Crippen molar-refractivity contribution in [2.45, 2.75) is 44.6 Å². The summed E-state index contributed by atoms with van der Waals surface area (Å²) in [5.41, 5.74) is 1.75. The average Bonchev–Trinajstić information content (AvgIpc) is 2.66. The summed E-state index contributed by atoms with van der Waals surface area (Å²) in [6, 6.07) is 11.9. The molecule has 1 amide bonds. The molecule has 2 bridgehead atoms. The van der Waals surface area contributed by atoms with Gasteiger partial charge in [-0.3, -0.25) is 9.59 Å². The van der Waals surface area contributed by atoms with Gasteiger partial charge in [0.05, 0.1) is 5.02 Å². The molecule has 2 aromatic carbocycles. The minimum Gasteiger partial charge on any atom is -0.484 e. The number of Topliss-reactive ketones (excluding diaryl/α,β-unsaturated/α-hetero) is 1. The number of rotatable bonds is 8. The molecule has 3 aliphatic rings. The predicted octanol–water partition coefficient (Wildman–Crippen LogP) is 4.73. The van der Waals surface area contributed by atoms with E-state index < -0.39 is 5.82 Å². The zero-order chi connectivity index (χ0) is 20.6. The highest BCUT2D eigenvalue weighted by atomic mass is 35.5. The summed E-state index contributed by atoms with van der Waals surface area (Å²) < 4.78 is 18.8. The molecule has 5 rings (SSSR count). The summed E-state index contributed by atoms with van der Waals surface area (Å²) in [7, 11) is 0. The molecule has 2 aromatic rings. The summed E-state index contributed by atoms with van der Waals surface area (Å²) in [6.07, 6.45) is 3.89. The van der Waals surface area contributed by atoms with Gasteiger partial charge in [-0.1, -0.05) is 36.7 Å². The number of carbonyl (C=O) groups excluding carboxylic acids is 2. The Kier molecular flexibility index (Phi) is 5.11. The zero-order valence-corrected chi connectivity index (χ0v) is 17.0. The quantitative estimate of drug-likeness (QED) is 0.634. The lowest BCUT2D eigenvalue weighted by Crippen LogP contribution is -2.75. The first kappa shape index (κ1) is 19.9. The van der Waals surface area contributed by atoms with Gasteiger partial charge in [0.25, 0.3) is 5.91 Å². The lowest BCUT2D eigenvalue weighted by Gasteiger charge is -2.70. The number of aryl methyl sites for hydroxylation is 1. The first-order valence-corrected chi connectivity index (χ1v) is 10.2. The van der Waals surface area contributed by atoms with E-state index in [0.29, 0.717) is 6.42 Å².